The molecule has 0 saturated carbocycles. The van der Waals surface area contributed by atoms with E-state index in [2.05, 4.69) is 10.3 Å². The first kappa shape index (κ1) is 23.3. The highest BCUT2D eigenvalue weighted by atomic mass is 19.1. The number of hydrogen-bond acceptors (Lipinski definition) is 7. The van der Waals surface area contributed by atoms with E-state index in [-0.39, 0.29) is 30.8 Å². The molecule has 12 heteroatoms. The Morgan fingerprint density at radius 2 is 2.06 bits per heavy atom. The molecule has 1 fully saturated rings. The van der Waals surface area contributed by atoms with Crippen LogP contribution in [0.4, 0.5) is 20.7 Å². The maximum atomic E-state index is 15.1. The van der Waals surface area contributed by atoms with Crippen molar-refractivity contribution >= 4 is 23.5 Å². The van der Waals surface area contributed by atoms with Gasteiger partial charge in [-0.3, -0.25) is 14.3 Å². The summed E-state index contributed by atoms with van der Waals surface area (Å²) in [6, 6.07) is 11.8. The summed E-state index contributed by atoms with van der Waals surface area (Å²) in [4.78, 5) is 38.9. The van der Waals surface area contributed by atoms with Gasteiger partial charge in [-0.05, 0) is 41.2 Å². The molecule has 1 N–H and O–H groups in total. The van der Waals surface area contributed by atoms with E-state index in [4.69, 9.17) is 9.47 Å². The van der Waals surface area contributed by atoms with E-state index >= 15 is 4.39 Å². The summed E-state index contributed by atoms with van der Waals surface area (Å²) >= 11 is 0. The molecule has 2 amide bonds. The van der Waals surface area contributed by atoms with Crippen LogP contribution in [-0.2, 0) is 21.7 Å². The molecule has 0 radical (unpaired) electrons. The molecular formula is C24H22FN5O6. The fraction of sp³-hybridized carbons (Fsp3) is 0.292. The number of amides is 2. The first-order chi connectivity index (χ1) is 17.1. The van der Waals surface area contributed by atoms with E-state index in [0.717, 1.165) is 5.56 Å². The number of nitro groups is 1. The molecule has 2 aliphatic rings. The highest BCUT2D eigenvalue weighted by Gasteiger charge is 2.41. The van der Waals surface area contributed by atoms with E-state index in [0.29, 0.717) is 23.4 Å². The van der Waals surface area contributed by atoms with E-state index < -0.39 is 28.5 Å². The Bertz CT molecular complexity index is 1350. The fourth-order valence-corrected chi connectivity index (χ4v) is 4.38. The molecule has 1 saturated heterocycles. The molecule has 2 aromatic carbocycles. The standard InChI is InChI=1S/C24H22FN5O6/c1-14(31)26-10-18-11-29(23(32)35-18)17-7-8-19(20(25)9-17)15-3-5-16(6-4-15)24(2)13-28-12-21(30(33)34)27-22(28)36-24/h3-9,12,18H,10-11,13H2,1-2H3,(H,26,31). The lowest BCUT2D eigenvalue weighted by Gasteiger charge is -2.22. The summed E-state index contributed by atoms with van der Waals surface area (Å²) in [6.45, 7) is 3.96. The molecule has 5 rings (SSSR count). The van der Waals surface area contributed by atoms with Gasteiger partial charge < -0.3 is 24.9 Å². The first-order valence-corrected chi connectivity index (χ1v) is 11.2. The smallest absolute Gasteiger partial charge is 0.415 e. The zero-order chi connectivity index (χ0) is 25.6. The van der Waals surface area contributed by atoms with Crippen LogP contribution in [0.5, 0.6) is 6.01 Å². The van der Waals surface area contributed by atoms with Gasteiger partial charge in [0.15, 0.2) is 5.60 Å². The van der Waals surface area contributed by atoms with Crippen molar-refractivity contribution in [3.63, 3.8) is 0 Å². The number of fused-ring (bicyclic) bond motifs is 1. The van der Waals surface area contributed by atoms with Crippen molar-refractivity contribution < 1.29 is 28.4 Å². The van der Waals surface area contributed by atoms with Crippen LogP contribution < -0.4 is 15.0 Å². The lowest BCUT2D eigenvalue weighted by Crippen LogP contribution is -2.33. The van der Waals surface area contributed by atoms with Crippen LogP contribution in [0.25, 0.3) is 11.1 Å². The van der Waals surface area contributed by atoms with E-state index in [9.17, 15) is 19.7 Å². The normalized spacial score (nSPS) is 20.6. The van der Waals surface area contributed by atoms with Gasteiger partial charge in [0.05, 0.1) is 25.3 Å². The molecule has 0 bridgehead atoms. The third-order valence-corrected chi connectivity index (χ3v) is 6.23. The minimum absolute atomic E-state index is 0.176. The average Bonchev–Trinajstić information content (AvgIpc) is 3.49. The van der Waals surface area contributed by atoms with Crippen LogP contribution in [-0.4, -0.2) is 45.7 Å². The maximum absolute atomic E-state index is 15.1. The molecular weight excluding hydrogens is 473 g/mol. The van der Waals surface area contributed by atoms with Crippen LogP contribution in [0.2, 0.25) is 0 Å². The SMILES string of the molecule is CC(=O)NCC1CN(c2ccc(-c3ccc(C4(C)Cn5cc([N+](=O)[O-])nc5O4)cc3)c(F)c2)C(=O)O1. The van der Waals surface area contributed by atoms with Crippen LogP contribution in [0, 0.1) is 15.9 Å². The van der Waals surface area contributed by atoms with Gasteiger partial charge in [-0.1, -0.05) is 24.3 Å². The summed E-state index contributed by atoms with van der Waals surface area (Å²) in [6.07, 6.45) is 0.223. The van der Waals surface area contributed by atoms with Gasteiger partial charge in [-0.15, -0.1) is 0 Å². The quantitative estimate of drug-likeness (QED) is 0.410. The van der Waals surface area contributed by atoms with Crippen molar-refractivity contribution in [2.24, 2.45) is 0 Å². The zero-order valence-electron chi connectivity index (χ0n) is 19.4. The van der Waals surface area contributed by atoms with Gasteiger partial charge in [0.25, 0.3) is 0 Å². The third-order valence-electron chi connectivity index (χ3n) is 6.23. The van der Waals surface area contributed by atoms with Gasteiger partial charge in [-0.2, -0.15) is 0 Å². The Kier molecular flexibility index (Phi) is 5.58. The molecule has 0 spiro atoms. The second-order valence-electron chi connectivity index (χ2n) is 8.89. The van der Waals surface area contributed by atoms with Gasteiger partial charge >= 0.3 is 17.9 Å². The number of halogens is 1. The van der Waals surface area contributed by atoms with Gasteiger partial charge in [0.1, 0.15) is 18.1 Å². The summed E-state index contributed by atoms with van der Waals surface area (Å²) < 4.78 is 27.8. The number of ether oxygens (including phenoxy) is 2. The first-order valence-electron chi connectivity index (χ1n) is 11.2. The Labute approximate surface area is 204 Å². The van der Waals surface area contributed by atoms with Crippen LogP contribution >= 0.6 is 0 Å². The van der Waals surface area contributed by atoms with Crippen molar-refractivity contribution in [2.45, 2.75) is 32.1 Å². The van der Waals surface area contributed by atoms with Crippen LogP contribution in [0.15, 0.2) is 48.7 Å². The van der Waals surface area contributed by atoms with E-state index in [1.807, 2.05) is 19.1 Å². The number of anilines is 1. The molecule has 11 nitrogen and oxygen atoms in total. The second-order valence-corrected chi connectivity index (χ2v) is 8.89. The Morgan fingerprint density at radius 3 is 2.69 bits per heavy atom. The summed E-state index contributed by atoms with van der Waals surface area (Å²) in [5.74, 6) is -1.00. The lowest BCUT2D eigenvalue weighted by atomic mass is 9.93. The van der Waals surface area contributed by atoms with Crippen LogP contribution in [0.3, 0.4) is 0 Å². The molecule has 1 aromatic heterocycles. The number of carbonyl (C=O) groups excluding carboxylic acids is 2. The number of nitrogens with zero attached hydrogens (tertiary/aromatic N) is 4. The van der Waals surface area contributed by atoms with E-state index in [1.54, 1.807) is 28.8 Å². The summed E-state index contributed by atoms with van der Waals surface area (Å²) in [5, 5.41) is 13.5. The minimum Gasteiger partial charge on any atom is -0.442 e. The maximum Gasteiger partial charge on any atom is 0.415 e. The predicted molar refractivity (Wildman–Crippen MR) is 125 cm³/mol. The monoisotopic (exact) mass is 495 g/mol. The molecule has 186 valence electrons. The molecule has 3 heterocycles. The molecule has 2 unspecified atom stereocenters. The molecule has 2 atom stereocenters. The highest BCUT2D eigenvalue weighted by Crippen LogP contribution is 2.38. The van der Waals surface area contributed by atoms with Crippen molar-refractivity contribution in [1.82, 2.24) is 14.9 Å². The largest absolute Gasteiger partial charge is 0.442 e. The van der Waals surface area contributed by atoms with Crippen molar-refractivity contribution in [1.29, 1.82) is 0 Å². The number of benzene rings is 2. The second kappa shape index (κ2) is 8.63. The minimum atomic E-state index is -0.776. The van der Waals surface area contributed by atoms with Gasteiger partial charge in [-0.25, -0.2) is 9.18 Å². The highest BCUT2D eigenvalue weighted by molar-refractivity contribution is 5.90. The summed E-state index contributed by atoms with van der Waals surface area (Å²) in [5.41, 5.74) is 1.38. The van der Waals surface area contributed by atoms with Crippen molar-refractivity contribution in [3.05, 3.63) is 70.2 Å². The number of aromatic nitrogens is 2. The number of imidazole rings is 1. The number of rotatable bonds is 6. The molecule has 3 aromatic rings. The van der Waals surface area contributed by atoms with Gasteiger partial charge in [0.2, 0.25) is 5.91 Å². The fourth-order valence-electron chi connectivity index (χ4n) is 4.38. The van der Waals surface area contributed by atoms with Gasteiger partial charge in [0, 0.05) is 17.5 Å². The molecule has 0 aliphatic carbocycles. The van der Waals surface area contributed by atoms with Crippen LogP contribution in [0.1, 0.15) is 19.4 Å². The number of cyclic esters (lactones) is 1. The zero-order valence-corrected chi connectivity index (χ0v) is 19.4. The average molecular weight is 495 g/mol. The number of carbonyl (C=O) groups is 2. The lowest BCUT2D eigenvalue weighted by molar-refractivity contribution is -0.389. The third kappa shape index (κ3) is 4.21. The molecule has 2 aliphatic heterocycles. The topological polar surface area (TPSA) is 129 Å². The Hall–Kier alpha value is -4.48. The number of hydrogen-bond donors (Lipinski definition) is 1. The summed E-state index contributed by atoms with van der Waals surface area (Å²) in [7, 11) is 0. The van der Waals surface area contributed by atoms with Crippen molar-refractivity contribution in [2.75, 3.05) is 18.0 Å². The Morgan fingerprint density at radius 1 is 1.31 bits per heavy atom. The Balaban J connectivity index is 1.30. The van der Waals surface area contributed by atoms with E-state index in [1.165, 1.54) is 24.1 Å². The predicted octanol–water partition coefficient (Wildman–Crippen LogP) is 3.37. The molecule has 36 heavy (non-hydrogen) atoms. The van der Waals surface area contributed by atoms with Crippen molar-refractivity contribution in [3.8, 4) is 17.1 Å². The number of nitrogens with one attached hydrogen (secondary N) is 1.